The predicted octanol–water partition coefficient (Wildman–Crippen LogP) is 5.12. The highest BCUT2D eigenvalue weighted by atomic mass is 14.4. The molecule has 2 atom stereocenters. The summed E-state index contributed by atoms with van der Waals surface area (Å²) in [5, 5.41) is 0. The van der Waals surface area contributed by atoms with E-state index < -0.39 is 0 Å². The fourth-order valence-electron chi connectivity index (χ4n) is 3.53. The van der Waals surface area contributed by atoms with Crippen molar-refractivity contribution in [3.8, 4) is 0 Å². The van der Waals surface area contributed by atoms with Crippen LogP contribution in [0.25, 0.3) is 0 Å². The van der Waals surface area contributed by atoms with Crippen molar-refractivity contribution in [3.63, 3.8) is 0 Å². The molecule has 0 heterocycles. The molecule has 90 valence electrons. The second-order valence-corrected chi connectivity index (χ2v) is 5.58. The van der Waals surface area contributed by atoms with Gasteiger partial charge in [-0.3, -0.25) is 0 Å². The maximum Gasteiger partial charge on any atom is -0.00418 e. The Kier molecular flexibility index (Phi) is 3.89. The van der Waals surface area contributed by atoms with E-state index in [1.165, 1.54) is 38.5 Å². The van der Waals surface area contributed by atoms with E-state index >= 15 is 0 Å². The van der Waals surface area contributed by atoms with Crippen LogP contribution in [0, 0.1) is 17.8 Å². The zero-order chi connectivity index (χ0) is 11.5. The maximum absolute atomic E-state index is 2.56. The van der Waals surface area contributed by atoms with Gasteiger partial charge in [-0.2, -0.15) is 0 Å². The number of rotatable bonds is 4. The van der Waals surface area contributed by atoms with Crippen LogP contribution in [0.4, 0.5) is 0 Å². The van der Waals surface area contributed by atoms with Crippen LogP contribution in [-0.4, -0.2) is 0 Å². The third-order valence-electron chi connectivity index (χ3n) is 4.54. The Morgan fingerprint density at radius 2 is 1.44 bits per heavy atom. The van der Waals surface area contributed by atoms with Gasteiger partial charge in [0, 0.05) is 0 Å². The average Bonchev–Trinajstić information content (AvgIpc) is 2.68. The minimum atomic E-state index is 0.767. The number of hydrogen-bond acceptors (Lipinski definition) is 0. The molecule has 2 unspecified atom stereocenters. The summed E-state index contributed by atoms with van der Waals surface area (Å²) in [5.74, 6) is 2.67. The molecular weight excluding hydrogens is 192 g/mol. The molecule has 16 heavy (non-hydrogen) atoms. The second kappa shape index (κ2) is 5.21. The van der Waals surface area contributed by atoms with Gasteiger partial charge in [-0.15, -0.1) is 0 Å². The van der Waals surface area contributed by atoms with Crippen LogP contribution < -0.4 is 0 Å². The van der Waals surface area contributed by atoms with Gasteiger partial charge in [0.15, 0.2) is 0 Å². The molecule has 0 nitrogen and oxygen atoms in total. The Hall–Kier alpha value is -0.520. The Morgan fingerprint density at radius 1 is 0.938 bits per heavy atom. The third kappa shape index (κ3) is 2.26. The standard InChI is InChI=1S/C16H26/c1-4-7-12-8-15-10-13(5-2)14(6-3)11-16(15)9-12/h8-9,12-14H,4-7,10-11H2,1-3H3. The van der Waals surface area contributed by atoms with Crippen molar-refractivity contribution in [2.24, 2.45) is 17.8 Å². The maximum atomic E-state index is 2.56. The number of allylic oxidation sites excluding steroid dienone is 4. The van der Waals surface area contributed by atoms with E-state index in [4.69, 9.17) is 0 Å². The lowest BCUT2D eigenvalue weighted by Crippen LogP contribution is -2.20. The lowest BCUT2D eigenvalue weighted by molar-refractivity contribution is 0.290. The summed E-state index contributed by atoms with van der Waals surface area (Å²) in [6.45, 7) is 7.02. The van der Waals surface area contributed by atoms with E-state index in [0.29, 0.717) is 0 Å². The molecule has 0 bridgehead atoms. The van der Waals surface area contributed by atoms with Gasteiger partial charge < -0.3 is 0 Å². The van der Waals surface area contributed by atoms with Crippen molar-refractivity contribution >= 4 is 0 Å². The van der Waals surface area contributed by atoms with Gasteiger partial charge in [0.05, 0.1) is 0 Å². The van der Waals surface area contributed by atoms with Crippen LogP contribution in [0.1, 0.15) is 59.3 Å². The van der Waals surface area contributed by atoms with E-state index in [1.54, 1.807) is 11.1 Å². The van der Waals surface area contributed by atoms with Crippen molar-refractivity contribution in [1.82, 2.24) is 0 Å². The Balaban J connectivity index is 2.09. The van der Waals surface area contributed by atoms with Gasteiger partial charge in [0.2, 0.25) is 0 Å². The summed E-state index contributed by atoms with van der Waals surface area (Å²) in [6.07, 6.45) is 13.2. The highest BCUT2D eigenvalue weighted by Crippen LogP contribution is 2.44. The largest absolute Gasteiger partial charge is 0.0741 e. The first-order valence-electron chi connectivity index (χ1n) is 7.20. The Labute approximate surface area is 101 Å². The lowest BCUT2D eigenvalue weighted by atomic mass is 9.73. The molecule has 0 heteroatoms. The molecule has 0 spiro atoms. The van der Waals surface area contributed by atoms with Crippen LogP contribution in [-0.2, 0) is 0 Å². The minimum Gasteiger partial charge on any atom is -0.0741 e. The smallest absolute Gasteiger partial charge is 0.00418 e. The van der Waals surface area contributed by atoms with E-state index in [-0.39, 0.29) is 0 Å². The SMILES string of the molecule is CCCC1C=C2CC(CC)C(CC)CC2=C1. The fourth-order valence-corrected chi connectivity index (χ4v) is 3.53. The van der Waals surface area contributed by atoms with Gasteiger partial charge in [-0.25, -0.2) is 0 Å². The molecule has 0 amide bonds. The molecule has 2 aliphatic rings. The average molecular weight is 218 g/mol. The molecule has 0 aromatic carbocycles. The van der Waals surface area contributed by atoms with E-state index in [2.05, 4.69) is 32.9 Å². The van der Waals surface area contributed by atoms with Gasteiger partial charge in [0.25, 0.3) is 0 Å². The van der Waals surface area contributed by atoms with Gasteiger partial charge in [0.1, 0.15) is 0 Å². The van der Waals surface area contributed by atoms with Crippen molar-refractivity contribution in [2.75, 3.05) is 0 Å². The topological polar surface area (TPSA) is 0 Å². The molecular formula is C16H26. The first-order chi connectivity index (χ1) is 7.78. The predicted molar refractivity (Wildman–Crippen MR) is 71.4 cm³/mol. The van der Waals surface area contributed by atoms with Crippen LogP contribution in [0.2, 0.25) is 0 Å². The molecule has 2 aliphatic carbocycles. The number of hydrogen-bond donors (Lipinski definition) is 0. The first kappa shape index (κ1) is 12.0. The Bertz CT molecular complexity index is 267. The van der Waals surface area contributed by atoms with Crippen LogP contribution in [0.3, 0.4) is 0 Å². The quantitative estimate of drug-likeness (QED) is 0.614. The molecule has 0 aromatic heterocycles. The van der Waals surface area contributed by atoms with Gasteiger partial charge >= 0.3 is 0 Å². The summed E-state index contributed by atoms with van der Waals surface area (Å²) in [4.78, 5) is 0. The molecule has 0 N–H and O–H groups in total. The minimum absolute atomic E-state index is 0.767. The molecule has 0 aromatic rings. The van der Waals surface area contributed by atoms with Crippen LogP contribution in [0.15, 0.2) is 23.3 Å². The molecule has 1 fully saturated rings. The Morgan fingerprint density at radius 3 is 1.81 bits per heavy atom. The summed E-state index contributed by atoms with van der Waals surface area (Å²) in [6, 6.07) is 0. The zero-order valence-electron chi connectivity index (χ0n) is 11.1. The third-order valence-corrected chi connectivity index (χ3v) is 4.54. The highest BCUT2D eigenvalue weighted by Gasteiger charge is 2.30. The highest BCUT2D eigenvalue weighted by molar-refractivity contribution is 5.41. The van der Waals surface area contributed by atoms with Gasteiger partial charge in [-0.1, -0.05) is 52.2 Å². The summed E-state index contributed by atoms with van der Waals surface area (Å²) >= 11 is 0. The monoisotopic (exact) mass is 218 g/mol. The van der Waals surface area contributed by atoms with Crippen molar-refractivity contribution in [2.45, 2.75) is 59.3 Å². The van der Waals surface area contributed by atoms with E-state index in [1.807, 2.05) is 0 Å². The van der Waals surface area contributed by atoms with E-state index in [9.17, 15) is 0 Å². The van der Waals surface area contributed by atoms with Crippen molar-refractivity contribution < 1.29 is 0 Å². The molecule has 0 radical (unpaired) electrons. The van der Waals surface area contributed by atoms with Crippen LogP contribution >= 0.6 is 0 Å². The fraction of sp³-hybridized carbons (Fsp3) is 0.750. The van der Waals surface area contributed by atoms with Crippen molar-refractivity contribution in [3.05, 3.63) is 23.3 Å². The van der Waals surface area contributed by atoms with E-state index in [0.717, 1.165) is 17.8 Å². The normalized spacial score (nSPS) is 33.3. The van der Waals surface area contributed by atoms with Crippen molar-refractivity contribution in [1.29, 1.82) is 0 Å². The molecule has 1 saturated carbocycles. The summed E-state index contributed by atoms with van der Waals surface area (Å²) in [5.41, 5.74) is 3.41. The summed E-state index contributed by atoms with van der Waals surface area (Å²) < 4.78 is 0. The molecule has 0 aliphatic heterocycles. The zero-order valence-corrected chi connectivity index (χ0v) is 11.1. The van der Waals surface area contributed by atoms with Crippen LogP contribution in [0.5, 0.6) is 0 Å². The summed E-state index contributed by atoms with van der Waals surface area (Å²) in [7, 11) is 0. The first-order valence-corrected chi connectivity index (χ1v) is 7.20. The number of fused-ring (bicyclic) bond motifs is 1. The lowest BCUT2D eigenvalue weighted by Gasteiger charge is -2.32. The molecule has 0 saturated heterocycles. The molecule has 2 rings (SSSR count). The second-order valence-electron chi connectivity index (χ2n) is 5.58. The van der Waals surface area contributed by atoms with Gasteiger partial charge in [-0.05, 0) is 48.2 Å².